The molecule has 0 amide bonds. The lowest BCUT2D eigenvalue weighted by Crippen LogP contribution is -1.69. The predicted octanol–water partition coefficient (Wildman–Crippen LogP) is 1.79. The van der Waals surface area contributed by atoms with Crippen molar-refractivity contribution in [3.63, 3.8) is 0 Å². The highest BCUT2D eigenvalue weighted by atomic mass is 79.9. The molecule has 26 valence electrons. The Kier molecular flexibility index (Phi) is 0.571. The molecule has 0 nitrogen and oxygen atoms in total. The zero-order chi connectivity index (χ0) is 6.08. The van der Waals surface area contributed by atoms with E-state index in [1.54, 1.807) is 6.92 Å². The van der Waals surface area contributed by atoms with Crippen molar-refractivity contribution in [2.45, 2.75) is 18.6 Å². The van der Waals surface area contributed by atoms with E-state index >= 15 is 0 Å². The highest BCUT2D eigenvalue weighted by Crippen LogP contribution is 1.89. The van der Waals surface area contributed by atoms with Crippen LogP contribution in [0.2, 0.25) is 0 Å². The molecule has 0 radical (unpaired) electrons. The molecule has 0 aromatic carbocycles. The summed E-state index contributed by atoms with van der Waals surface area (Å²) in [5.41, 5.74) is 0. The lowest BCUT2D eigenvalue weighted by molar-refractivity contribution is 1.14. The maximum Gasteiger partial charge on any atom is 0.0242 e. The van der Waals surface area contributed by atoms with Gasteiger partial charge in [0.2, 0.25) is 0 Å². The summed E-state index contributed by atoms with van der Waals surface area (Å²) in [6.07, 6.45) is 0. The summed E-state index contributed by atoms with van der Waals surface area (Å²) in [6.45, 7) is -0.229. The summed E-state index contributed by atoms with van der Waals surface area (Å²) in [7, 11) is 0. The van der Waals surface area contributed by atoms with Gasteiger partial charge in [-0.2, -0.15) is 0 Å². The van der Waals surface area contributed by atoms with Crippen LogP contribution in [0.3, 0.4) is 0 Å². The van der Waals surface area contributed by atoms with Crippen LogP contribution in [0, 0.1) is 0 Å². The van der Waals surface area contributed by atoms with Gasteiger partial charge in [-0.05, 0) is 0 Å². The number of alkyl halides is 1. The van der Waals surface area contributed by atoms with E-state index in [-0.39, 0.29) is 4.83 Å². The summed E-state index contributed by atoms with van der Waals surface area (Å²) < 4.78 is 20.0. The minimum absolute atomic E-state index is 0.389. The van der Waals surface area contributed by atoms with Crippen LogP contribution in [0.15, 0.2) is 0 Å². The molecule has 1 atom stereocenters. The van der Waals surface area contributed by atoms with Gasteiger partial charge >= 0.3 is 0 Å². The molecular formula is C3H7Br. The molecule has 0 saturated carbocycles. The number of rotatable bonds is 0. The van der Waals surface area contributed by atoms with Gasteiger partial charge < -0.3 is 0 Å². The van der Waals surface area contributed by atoms with Gasteiger partial charge in [-0.3, -0.25) is 0 Å². The monoisotopic (exact) mass is 125 g/mol. The molecular weight excluding hydrogens is 116 g/mol. The molecule has 0 aromatic rings. The van der Waals surface area contributed by atoms with E-state index in [4.69, 9.17) is 4.11 Å². The van der Waals surface area contributed by atoms with Crippen LogP contribution in [-0.4, -0.2) is 4.83 Å². The molecule has 0 saturated heterocycles. The Labute approximate surface area is 39.6 Å². The topological polar surface area (TPSA) is 0 Å². The van der Waals surface area contributed by atoms with Gasteiger partial charge in [-0.1, -0.05) is 29.7 Å². The zero-order valence-corrected chi connectivity index (χ0v) is 4.04. The Morgan fingerprint density at radius 3 is 2.50 bits per heavy atom. The molecule has 0 heterocycles. The largest absolute Gasteiger partial charge is 0.0897 e. The van der Waals surface area contributed by atoms with Gasteiger partial charge in [0.25, 0.3) is 0 Å². The molecule has 0 aliphatic rings. The normalized spacial score (nSPS) is 30.0. The minimum Gasteiger partial charge on any atom is -0.0897 e. The minimum atomic E-state index is -1.83. The SMILES string of the molecule is [2H]C([2H])([2H])C(C)Br. The molecule has 0 aromatic heterocycles. The third-order valence-electron chi connectivity index (χ3n) is 0. The first-order valence-electron chi connectivity index (χ1n) is 2.58. The van der Waals surface area contributed by atoms with Crippen molar-refractivity contribution in [2.24, 2.45) is 0 Å². The van der Waals surface area contributed by atoms with Gasteiger partial charge in [0.05, 0.1) is 0 Å². The predicted molar refractivity (Wildman–Crippen MR) is 24.1 cm³/mol. The number of hydrogen-bond acceptors (Lipinski definition) is 0. The van der Waals surface area contributed by atoms with Crippen LogP contribution < -0.4 is 0 Å². The van der Waals surface area contributed by atoms with E-state index in [9.17, 15) is 0 Å². The molecule has 0 rings (SSSR count). The quantitative estimate of drug-likeness (QED) is 0.434. The summed E-state index contributed by atoms with van der Waals surface area (Å²) >= 11 is 2.93. The molecule has 1 unspecified atom stereocenters. The second kappa shape index (κ2) is 1.77. The standard InChI is InChI=1S/C3H7Br/c1-3(2)4/h3H,1-2H3/i1D3. The molecule has 0 aliphatic heterocycles. The van der Waals surface area contributed by atoms with E-state index in [2.05, 4.69) is 15.9 Å². The maximum atomic E-state index is 6.67. The lowest BCUT2D eigenvalue weighted by atomic mass is 10.6. The van der Waals surface area contributed by atoms with Gasteiger partial charge in [-0.25, -0.2) is 0 Å². The van der Waals surface area contributed by atoms with Crippen molar-refractivity contribution in [3.05, 3.63) is 0 Å². The third kappa shape index (κ3) is 23.6. The lowest BCUT2D eigenvalue weighted by Gasteiger charge is -1.76. The molecule has 4 heavy (non-hydrogen) atoms. The molecule has 0 aliphatic carbocycles. The average Bonchev–Trinajstić information content (AvgIpc) is 1.31. The first-order chi connectivity index (χ1) is 2.94. The smallest absolute Gasteiger partial charge is 0.0242 e. The average molecular weight is 126 g/mol. The molecule has 0 bridgehead atoms. The van der Waals surface area contributed by atoms with E-state index in [0.29, 0.717) is 0 Å². The Morgan fingerprint density at radius 2 is 2.50 bits per heavy atom. The van der Waals surface area contributed by atoms with Crippen LogP contribution in [0.1, 0.15) is 17.9 Å². The van der Waals surface area contributed by atoms with E-state index < -0.39 is 6.85 Å². The van der Waals surface area contributed by atoms with Crippen LogP contribution in [0.5, 0.6) is 0 Å². The Morgan fingerprint density at radius 1 is 2.25 bits per heavy atom. The summed E-state index contributed by atoms with van der Waals surface area (Å²) in [5.74, 6) is 0. The fourth-order valence-electron chi connectivity index (χ4n) is 0. The fourth-order valence-corrected chi connectivity index (χ4v) is 0. The Bertz CT molecular complexity index is 55.7. The molecule has 1 heteroatoms. The van der Waals surface area contributed by atoms with Crippen LogP contribution >= 0.6 is 15.9 Å². The highest BCUT2D eigenvalue weighted by molar-refractivity contribution is 9.09. The first-order valence-corrected chi connectivity index (χ1v) is 2.00. The van der Waals surface area contributed by atoms with Crippen LogP contribution in [0.4, 0.5) is 0 Å². The van der Waals surface area contributed by atoms with Gasteiger partial charge in [0.1, 0.15) is 0 Å². The van der Waals surface area contributed by atoms with Crippen LogP contribution in [-0.2, 0) is 0 Å². The second-order valence-electron chi connectivity index (χ2n) is 0.616. The van der Waals surface area contributed by atoms with Gasteiger partial charge in [-0.15, -0.1) is 0 Å². The highest BCUT2D eigenvalue weighted by Gasteiger charge is 1.71. The summed E-state index contributed by atoms with van der Waals surface area (Å²) in [4.78, 5) is -0.389. The summed E-state index contributed by atoms with van der Waals surface area (Å²) in [5, 5.41) is 0. The zero-order valence-electron chi connectivity index (χ0n) is 5.46. The maximum absolute atomic E-state index is 6.67. The van der Waals surface area contributed by atoms with Crippen molar-refractivity contribution in [2.75, 3.05) is 0 Å². The van der Waals surface area contributed by atoms with E-state index in [1.165, 1.54) is 0 Å². The fraction of sp³-hybridized carbons (Fsp3) is 1.00. The van der Waals surface area contributed by atoms with Gasteiger partial charge in [0.15, 0.2) is 0 Å². The van der Waals surface area contributed by atoms with Crippen molar-refractivity contribution < 1.29 is 4.11 Å². The third-order valence-corrected chi connectivity index (χ3v) is 0. The van der Waals surface area contributed by atoms with E-state index in [0.717, 1.165) is 0 Å². The van der Waals surface area contributed by atoms with E-state index in [1.807, 2.05) is 0 Å². The van der Waals surface area contributed by atoms with Crippen LogP contribution in [0.25, 0.3) is 0 Å². The van der Waals surface area contributed by atoms with Crippen molar-refractivity contribution >= 4 is 15.9 Å². The number of halogens is 1. The second-order valence-corrected chi connectivity index (χ2v) is 1.99. The van der Waals surface area contributed by atoms with Gasteiger partial charge in [0, 0.05) is 8.94 Å². The van der Waals surface area contributed by atoms with Crippen molar-refractivity contribution in [1.82, 2.24) is 0 Å². The Hall–Kier alpha value is 0.480. The van der Waals surface area contributed by atoms with Crippen molar-refractivity contribution in [1.29, 1.82) is 0 Å². The molecule has 0 fully saturated rings. The molecule has 0 spiro atoms. The number of hydrogen-bond donors (Lipinski definition) is 0. The summed E-state index contributed by atoms with van der Waals surface area (Å²) in [6, 6.07) is 0. The Balaban J connectivity index is 3.54. The first kappa shape index (κ1) is 1.29. The molecule has 0 N–H and O–H groups in total. The van der Waals surface area contributed by atoms with Crippen molar-refractivity contribution in [3.8, 4) is 0 Å².